The molecule has 3 unspecified atom stereocenters. The number of hydrogen-bond acceptors (Lipinski definition) is 6. The second-order valence-corrected chi connectivity index (χ2v) is 7.03. The standard InChI is InChI=1S/C18H30ClNO6/c1-7-15(19)9-16(26-14(5)21)8-13(4)17(22)24-11-25-18(23)20(6)10-12(2)3/h13,15-16H,2,7-11H2,1,3-6H3. The highest BCUT2D eigenvalue weighted by Crippen LogP contribution is 2.19. The average Bonchev–Trinajstić information content (AvgIpc) is 2.52. The van der Waals surface area contributed by atoms with Gasteiger partial charge in [0.15, 0.2) is 0 Å². The molecule has 0 radical (unpaired) electrons. The van der Waals surface area contributed by atoms with E-state index >= 15 is 0 Å². The number of carbonyl (C=O) groups excluding carboxylic acids is 3. The maximum atomic E-state index is 12.0. The molecule has 0 spiro atoms. The van der Waals surface area contributed by atoms with Gasteiger partial charge in [-0.2, -0.15) is 0 Å². The van der Waals surface area contributed by atoms with Gasteiger partial charge in [0, 0.05) is 32.3 Å². The van der Waals surface area contributed by atoms with Crippen LogP contribution in [0.3, 0.4) is 0 Å². The fourth-order valence-electron chi connectivity index (χ4n) is 2.23. The highest BCUT2D eigenvalue weighted by Gasteiger charge is 2.24. The Balaban J connectivity index is 4.39. The first-order valence-electron chi connectivity index (χ1n) is 8.56. The van der Waals surface area contributed by atoms with Crippen LogP contribution in [0.25, 0.3) is 0 Å². The summed E-state index contributed by atoms with van der Waals surface area (Å²) in [7, 11) is 1.56. The molecule has 0 aromatic rings. The monoisotopic (exact) mass is 391 g/mol. The fourth-order valence-corrected chi connectivity index (χ4v) is 2.43. The van der Waals surface area contributed by atoms with Gasteiger partial charge in [-0.05, 0) is 19.8 Å². The van der Waals surface area contributed by atoms with Crippen molar-refractivity contribution < 1.29 is 28.6 Å². The molecule has 0 aliphatic carbocycles. The van der Waals surface area contributed by atoms with Crippen LogP contribution < -0.4 is 0 Å². The number of esters is 2. The second kappa shape index (κ2) is 12.6. The molecule has 0 aliphatic rings. The zero-order chi connectivity index (χ0) is 20.3. The van der Waals surface area contributed by atoms with E-state index in [0.29, 0.717) is 13.0 Å². The minimum Gasteiger partial charge on any atom is -0.462 e. The van der Waals surface area contributed by atoms with Crippen LogP contribution in [0.1, 0.15) is 47.0 Å². The highest BCUT2D eigenvalue weighted by molar-refractivity contribution is 6.20. The Morgan fingerprint density at radius 1 is 1.15 bits per heavy atom. The molecule has 0 N–H and O–H groups in total. The van der Waals surface area contributed by atoms with Crippen LogP contribution in [0, 0.1) is 5.92 Å². The zero-order valence-corrected chi connectivity index (χ0v) is 17.0. The molecule has 1 amide bonds. The predicted molar refractivity (Wildman–Crippen MR) is 98.8 cm³/mol. The van der Waals surface area contributed by atoms with Crippen LogP contribution in [-0.2, 0) is 23.8 Å². The lowest BCUT2D eigenvalue weighted by Gasteiger charge is -2.22. The number of hydrogen-bond donors (Lipinski definition) is 0. The molecule has 0 saturated heterocycles. The van der Waals surface area contributed by atoms with Crippen LogP contribution in [0.2, 0.25) is 0 Å². The summed E-state index contributed by atoms with van der Waals surface area (Å²) in [6, 6.07) is 0. The number of likely N-dealkylation sites (N-methyl/N-ethyl adjacent to an activating group) is 1. The lowest BCUT2D eigenvalue weighted by molar-refractivity contribution is -0.160. The van der Waals surface area contributed by atoms with E-state index in [4.69, 9.17) is 25.8 Å². The van der Waals surface area contributed by atoms with Gasteiger partial charge in [-0.1, -0.05) is 26.0 Å². The summed E-state index contributed by atoms with van der Waals surface area (Å²) in [6.45, 7) is 10.3. The number of amides is 1. The molecule has 0 aliphatic heterocycles. The minimum absolute atomic E-state index is 0.146. The van der Waals surface area contributed by atoms with Gasteiger partial charge in [-0.3, -0.25) is 9.59 Å². The number of alkyl halides is 1. The lowest BCUT2D eigenvalue weighted by Crippen LogP contribution is -2.31. The summed E-state index contributed by atoms with van der Waals surface area (Å²) in [6.07, 6.45) is 0.383. The topological polar surface area (TPSA) is 82.1 Å². The molecule has 0 saturated carbocycles. The van der Waals surface area contributed by atoms with Gasteiger partial charge in [0.2, 0.25) is 6.79 Å². The largest absolute Gasteiger partial charge is 0.462 e. The Hall–Kier alpha value is -1.76. The van der Waals surface area contributed by atoms with Crippen molar-refractivity contribution in [1.29, 1.82) is 0 Å². The third-order valence-electron chi connectivity index (χ3n) is 3.52. The lowest BCUT2D eigenvalue weighted by atomic mass is 9.99. The molecule has 0 fully saturated rings. The Morgan fingerprint density at radius 2 is 1.77 bits per heavy atom. The van der Waals surface area contributed by atoms with E-state index in [-0.39, 0.29) is 11.8 Å². The summed E-state index contributed by atoms with van der Waals surface area (Å²) in [5, 5.41) is -0.146. The van der Waals surface area contributed by atoms with Crippen LogP contribution in [-0.4, -0.2) is 54.8 Å². The van der Waals surface area contributed by atoms with Gasteiger partial charge in [0.1, 0.15) is 6.10 Å². The molecule has 150 valence electrons. The Kier molecular flexibility index (Phi) is 11.7. The van der Waals surface area contributed by atoms with E-state index in [0.717, 1.165) is 12.0 Å². The summed E-state index contributed by atoms with van der Waals surface area (Å²) in [5.41, 5.74) is 0.802. The first kappa shape index (κ1) is 24.2. The summed E-state index contributed by atoms with van der Waals surface area (Å²) < 4.78 is 15.1. The molecule has 3 atom stereocenters. The van der Waals surface area contributed by atoms with Crippen LogP contribution >= 0.6 is 11.6 Å². The number of nitrogens with zero attached hydrogens (tertiary/aromatic N) is 1. The number of ether oxygens (including phenoxy) is 3. The van der Waals surface area contributed by atoms with Crippen molar-refractivity contribution in [1.82, 2.24) is 4.90 Å². The minimum atomic E-state index is -0.612. The second-order valence-electron chi connectivity index (χ2n) is 6.41. The van der Waals surface area contributed by atoms with Crippen LogP contribution in [0.5, 0.6) is 0 Å². The molecule has 0 rings (SSSR count). The fraction of sp³-hybridized carbons (Fsp3) is 0.722. The van der Waals surface area contributed by atoms with E-state index in [1.807, 2.05) is 6.92 Å². The maximum absolute atomic E-state index is 12.0. The first-order valence-corrected chi connectivity index (χ1v) is 9.00. The van der Waals surface area contributed by atoms with E-state index in [2.05, 4.69) is 6.58 Å². The van der Waals surface area contributed by atoms with Gasteiger partial charge in [0.25, 0.3) is 0 Å². The molecule has 7 nitrogen and oxygen atoms in total. The summed E-state index contributed by atoms with van der Waals surface area (Å²) in [5.74, 6) is -1.50. The van der Waals surface area contributed by atoms with E-state index in [9.17, 15) is 14.4 Å². The number of rotatable bonds is 11. The average molecular weight is 392 g/mol. The van der Waals surface area contributed by atoms with E-state index in [1.54, 1.807) is 20.9 Å². The smallest absolute Gasteiger partial charge is 0.412 e. The Labute approximate surface area is 160 Å². The van der Waals surface area contributed by atoms with Crippen molar-refractivity contribution in [3.63, 3.8) is 0 Å². The van der Waals surface area contributed by atoms with Gasteiger partial charge < -0.3 is 19.1 Å². The van der Waals surface area contributed by atoms with E-state index < -0.39 is 36.8 Å². The van der Waals surface area contributed by atoms with Crippen LogP contribution in [0.4, 0.5) is 4.79 Å². The van der Waals surface area contributed by atoms with Gasteiger partial charge >= 0.3 is 18.0 Å². The first-order chi connectivity index (χ1) is 12.1. The van der Waals surface area contributed by atoms with Crippen molar-refractivity contribution in [2.45, 2.75) is 58.4 Å². The number of carbonyl (C=O) groups is 3. The van der Waals surface area contributed by atoms with Crippen molar-refractivity contribution in [3.05, 3.63) is 12.2 Å². The third kappa shape index (κ3) is 11.0. The highest BCUT2D eigenvalue weighted by atomic mass is 35.5. The summed E-state index contributed by atoms with van der Waals surface area (Å²) in [4.78, 5) is 36.3. The van der Waals surface area contributed by atoms with E-state index in [1.165, 1.54) is 11.8 Å². The predicted octanol–water partition coefficient (Wildman–Crippen LogP) is 3.50. The van der Waals surface area contributed by atoms with Gasteiger partial charge in [-0.15, -0.1) is 11.6 Å². The molecule has 8 heteroatoms. The molecule has 26 heavy (non-hydrogen) atoms. The third-order valence-corrected chi connectivity index (χ3v) is 4.00. The molecule has 0 heterocycles. The van der Waals surface area contributed by atoms with Crippen molar-refractivity contribution >= 4 is 29.6 Å². The SMILES string of the molecule is C=C(C)CN(C)C(=O)OCOC(=O)C(C)CC(CC(Cl)CC)OC(C)=O. The molecule has 0 aromatic carbocycles. The van der Waals surface area contributed by atoms with Gasteiger partial charge in [-0.25, -0.2) is 4.79 Å². The molecule has 0 aromatic heterocycles. The van der Waals surface area contributed by atoms with Crippen molar-refractivity contribution in [2.75, 3.05) is 20.4 Å². The molecular formula is C18H30ClNO6. The maximum Gasteiger partial charge on any atom is 0.412 e. The quantitative estimate of drug-likeness (QED) is 0.232. The Bertz CT molecular complexity index is 496. The zero-order valence-electron chi connectivity index (χ0n) is 16.2. The Morgan fingerprint density at radius 3 is 2.27 bits per heavy atom. The van der Waals surface area contributed by atoms with Gasteiger partial charge in [0.05, 0.1) is 5.92 Å². The van der Waals surface area contributed by atoms with Crippen LogP contribution in [0.15, 0.2) is 12.2 Å². The molecule has 0 bridgehead atoms. The molecular weight excluding hydrogens is 362 g/mol. The van der Waals surface area contributed by atoms with Crippen molar-refractivity contribution in [3.8, 4) is 0 Å². The summed E-state index contributed by atoms with van der Waals surface area (Å²) >= 11 is 6.11. The van der Waals surface area contributed by atoms with Crippen molar-refractivity contribution in [2.24, 2.45) is 5.92 Å². The normalized spacial score (nSPS) is 13.9. The number of halogens is 1.